The zero-order valence-electron chi connectivity index (χ0n) is 20.1. The highest BCUT2D eigenvalue weighted by Gasteiger charge is 2.24. The highest BCUT2D eigenvalue weighted by molar-refractivity contribution is 6.32. The number of anilines is 1. The lowest BCUT2D eigenvalue weighted by Crippen LogP contribution is -2.39. The van der Waals surface area contributed by atoms with E-state index < -0.39 is 0 Å². The van der Waals surface area contributed by atoms with E-state index in [1.165, 1.54) is 0 Å². The Morgan fingerprint density at radius 3 is 2.62 bits per heavy atom. The summed E-state index contributed by atoms with van der Waals surface area (Å²) in [6.07, 6.45) is 4.15. The lowest BCUT2D eigenvalue weighted by Gasteiger charge is -2.25. The summed E-state index contributed by atoms with van der Waals surface area (Å²) < 4.78 is 2.13. The quantitative estimate of drug-likeness (QED) is 0.328. The number of halogens is 1. The Morgan fingerprint density at radius 1 is 1.21 bits per heavy atom. The van der Waals surface area contributed by atoms with Crippen molar-refractivity contribution in [2.75, 3.05) is 5.32 Å². The van der Waals surface area contributed by atoms with E-state index in [0.29, 0.717) is 22.5 Å². The lowest BCUT2D eigenvalue weighted by atomic mass is 9.91. The molecule has 34 heavy (non-hydrogen) atoms. The fourth-order valence-electron chi connectivity index (χ4n) is 4.54. The van der Waals surface area contributed by atoms with Crippen LogP contribution in [-0.4, -0.2) is 42.0 Å². The smallest absolute Gasteiger partial charge is 0.227 e. The molecule has 0 radical (unpaired) electrons. The molecule has 0 aliphatic heterocycles. The van der Waals surface area contributed by atoms with Crippen LogP contribution in [0.15, 0.2) is 17.1 Å². The van der Waals surface area contributed by atoms with Gasteiger partial charge in [-0.05, 0) is 38.7 Å². The van der Waals surface area contributed by atoms with E-state index in [4.69, 9.17) is 27.3 Å². The summed E-state index contributed by atoms with van der Waals surface area (Å²) in [5.41, 5.74) is 10.2. The average Bonchev–Trinajstić information content (AvgIpc) is 3.23. The number of phenolic OH excluding ortho intramolecular Hbond substituents is 2. The van der Waals surface area contributed by atoms with E-state index >= 15 is 0 Å². The van der Waals surface area contributed by atoms with Gasteiger partial charge in [-0.3, -0.25) is 5.10 Å². The van der Waals surface area contributed by atoms with Gasteiger partial charge in [0.1, 0.15) is 0 Å². The minimum atomic E-state index is -0.339. The third-order valence-corrected chi connectivity index (χ3v) is 6.75. The maximum absolute atomic E-state index is 10.3. The normalized spacial score (nSPS) is 19.5. The van der Waals surface area contributed by atoms with Gasteiger partial charge >= 0.3 is 0 Å². The van der Waals surface area contributed by atoms with Gasteiger partial charge in [-0.25, -0.2) is 4.99 Å². The first-order valence-electron chi connectivity index (χ1n) is 11.9. The molecule has 2 atom stereocenters. The Bertz CT molecular complexity index is 1250. The molecule has 1 aliphatic rings. The van der Waals surface area contributed by atoms with Crippen LogP contribution in [0.3, 0.4) is 0 Å². The molecule has 2 unspecified atom stereocenters. The van der Waals surface area contributed by atoms with Crippen LogP contribution in [0.2, 0.25) is 5.02 Å². The maximum atomic E-state index is 10.3. The van der Waals surface area contributed by atoms with Crippen molar-refractivity contribution in [3.8, 4) is 11.5 Å². The Kier molecular flexibility index (Phi) is 7.04. The summed E-state index contributed by atoms with van der Waals surface area (Å²) in [5.74, 6) is 0.167. The van der Waals surface area contributed by atoms with E-state index in [0.717, 1.165) is 36.9 Å². The van der Waals surface area contributed by atoms with Crippen LogP contribution in [0, 0.1) is 0 Å². The van der Waals surface area contributed by atoms with Gasteiger partial charge in [0.25, 0.3) is 0 Å². The molecular weight excluding hydrogens is 454 g/mol. The van der Waals surface area contributed by atoms with Gasteiger partial charge in [-0.2, -0.15) is 10.1 Å². The second kappa shape index (κ2) is 9.84. The molecule has 0 saturated heterocycles. The van der Waals surface area contributed by atoms with E-state index in [-0.39, 0.29) is 47.1 Å². The van der Waals surface area contributed by atoms with Gasteiger partial charge in [-0.1, -0.05) is 44.4 Å². The van der Waals surface area contributed by atoms with Crippen LogP contribution >= 0.6 is 11.6 Å². The van der Waals surface area contributed by atoms with Crippen LogP contribution < -0.4 is 16.7 Å². The summed E-state index contributed by atoms with van der Waals surface area (Å²) in [4.78, 5) is 9.93. The van der Waals surface area contributed by atoms with Crippen LogP contribution in [0.1, 0.15) is 76.6 Å². The van der Waals surface area contributed by atoms with Crippen molar-refractivity contribution in [2.45, 2.75) is 84.0 Å². The first-order chi connectivity index (χ1) is 16.2. The SMILES string of the molecule is CC(C)c1[nH]nc2c(NCc3ccc(Cl)c(O)c3O)nc(=NC3CCCCC3N)n(C(C)C)c12. The van der Waals surface area contributed by atoms with Crippen molar-refractivity contribution in [1.29, 1.82) is 0 Å². The number of H-pyrrole nitrogens is 1. The van der Waals surface area contributed by atoms with Crippen molar-refractivity contribution in [2.24, 2.45) is 10.7 Å². The molecule has 10 heteroatoms. The molecule has 2 aromatic heterocycles. The Hall–Kier alpha value is -2.78. The molecule has 0 amide bonds. The zero-order chi connectivity index (χ0) is 24.6. The van der Waals surface area contributed by atoms with Crippen molar-refractivity contribution >= 4 is 28.5 Å². The molecule has 9 nitrogen and oxygen atoms in total. The number of aromatic nitrogens is 4. The number of aromatic hydroxyl groups is 2. The summed E-state index contributed by atoms with van der Waals surface area (Å²) in [6, 6.07) is 3.35. The molecule has 0 spiro atoms. The van der Waals surface area contributed by atoms with E-state index in [9.17, 15) is 10.2 Å². The molecule has 1 aliphatic carbocycles. The monoisotopic (exact) mass is 487 g/mol. The second-order valence-electron chi connectivity index (χ2n) is 9.62. The minimum absolute atomic E-state index is 0.0169. The first-order valence-corrected chi connectivity index (χ1v) is 12.3. The fraction of sp³-hybridized carbons (Fsp3) is 0.542. The highest BCUT2D eigenvalue weighted by Crippen LogP contribution is 2.36. The number of nitrogens with one attached hydrogen (secondary N) is 2. The topological polar surface area (TPSA) is 137 Å². The molecule has 2 heterocycles. The molecule has 1 saturated carbocycles. The Balaban J connectivity index is 1.86. The van der Waals surface area contributed by atoms with Crippen molar-refractivity contribution in [3.63, 3.8) is 0 Å². The van der Waals surface area contributed by atoms with E-state index in [1.54, 1.807) is 12.1 Å². The zero-order valence-corrected chi connectivity index (χ0v) is 20.9. The van der Waals surface area contributed by atoms with Crippen LogP contribution in [0.4, 0.5) is 5.82 Å². The molecule has 1 fully saturated rings. The number of hydrogen-bond donors (Lipinski definition) is 5. The predicted molar refractivity (Wildman–Crippen MR) is 134 cm³/mol. The summed E-state index contributed by atoms with van der Waals surface area (Å²) in [5, 5.41) is 31.5. The van der Waals surface area contributed by atoms with Gasteiger partial charge in [0.15, 0.2) is 22.8 Å². The molecule has 4 rings (SSSR count). The molecule has 0 bridgehead atoms. The number of nitrogens with zero attached hydrogens (tertiary/aromatic N) is 4. The van der Waals surface area contributed by atoms with Gasteiger partial charge in [0, 0.05) is 24.2 Å². The van der Waals surface area contributed by atoms with Gasteiger partial charge in [0.2, 0.25) is 5.62 Å². The Labute approximate surface area is 204 Å². The Morgan fingerprint density at radius 2 is 1.94 bits per heavy atom. The van der Waals surface area contributed by atoms with Crippen molar-refractivity contribution < 1.29 is 10.2 Å². The predicted octanol–water partition coefficient (Wildman–Crippen LogP) is 4.31. The van der Waals surface area contributed by atoms with Gasteiger partial charge in [-0.15, -0.1) is 0 Å². The average molecular weight is 488 g/mol. The molecule has 6 N–H and O–H groups in total. The van der Waals surface area contributed by atoms with Crippen LogP contribution in [-0.2, 0) is 6.54 Å². The van der Waals surface area contributed by atoms with E-state index in [2.05, 4.69) is 47.8 Å². The lowest BCUT2D eigenvalue weighted by molar-refractivity contribution is 0.375. The number of phenols is 2. The molecule has 3 aromatic rings. The number of fused-ring (bicyclic) bond motifs is 1. The number of benzene rings is 1. The molecular formula is C24H34ClN7O2. The summed E-state index contributed by atoms with van der Waals surface area (Å²) in [7, 11) is 0. The molecule has 184 valence electrons. The van der Waals surface area contributed by atoms with Gasteiger partial charge < -0.3 is 25.8 Å². The van der Waals surface area contributed by atoms with Crippen molar-refractivity contribution in [1.82, 2.24) is 19.7 Å². The minimum Gasteiger partial charge on any atom is -0.504 e. The van der Waals surface area contributed by atoms with Crippen LogP contribution in [0.25, 0.3) is 11.0 Å². The summed E-state index contributed by atoms with van der Waals surface area (Å²) >= 11 is 5.90. The third kappa shape index (κ3) is 4.59. The fourth-order valence-corrected chi connectivity index (χ4v) is 4.69. The number of rotatable bonds is 6. The highest BCUT2D eigenvalue weighted by atomic mass is 35.5. The van der Waals surface area contributed by atoms with Crippen LogP contribution in [0.5, 0.6) is 11.5 Å². The molecule has 1 aromatic carbocycles. The summed E-state index contributed by atoms with van der Waals surface area (Å²) in [6.45, 7) is 8.68. The third-order valence-electron chi connectivity index (χ3n) is 6.45. The van der Waals surface area contributed by atoms with Gasteiger partial charge in [0.05, 0.1) is 22.3 Å². The van der Waals surface area contributed by atoms with E-state index in [1.807, 2.05) is 0 Å². The number of nitrogens with two attached hydrogens (primary N) is 1. The van der Waals surface area contributed by atoms with Crippen molar-refractivity contribution in [3.05, 3.63) is 34.0 Å². The standard InChI is InChI=1S/C24H34ClN7O2/c1-12(2)18-20-19(31-30-18)23(27-11-14-9-10-15(25)22(34)21(14)33)29-24(32(20)13(3)4)28-17-8-6-5-7-16(17)26/h9-10,12-13,16-17,33-34H,5-8,11,26H2,1-4H3,(H,30,31)(H,27,28,29). The number of aromatic amines is 1. The first kappa shape index (κ1) is 24.3. The largest absolute Gasteiger partial charge is 0.504 e. The maximum Gasteiger partial charge on any atom is 0.227 e. The second-order valence-corrected chi connectivity index (χ2v) is 10.0. The number of hydrogen-bond acceptors (Lipinski definition) is 7.